The van der Waals surface area contributed by atoms with Crippen LogP contribution in [0, 0.1) is 5.41 Å². The maximum absolute atomic E-state index is 12.9. The van der Waals surface area contributed by atoms with E-state index in [-0.39, 0.29) is 47.9 Å². The molecule has 3 aliphatic heterocycles. The van der Waals surface area contributed by atoms with E-state index in [1.165, 1.54) is 59.6 Å². The van der Waals surface area contributed by atoms with Gasteiger partial charge in [0.25, 0.3) is 0 Å². The van der Waals surface area contributed by atoms with E-state index in [1.54, 1.807) is 36.5 Å². The van der Waals surface area contributed by atoms with E-state index in [2.05, 4.69) is 15.2 Å². The second-order valence-corrected chi connectivity index (χ2v) is 16.5. The van der Waals surface area contributed by atoms with Crippen molar-refractivity contribution < 1.29 is 28.9 Å². The number of thioether (sulfide) groups is 1. The number of thiazole rings is 1. The van der Waals surface area contributed by atoms with Crippen LogP contribution in [-0.2, 0) is 0 Å². The number of nitrogens with two attached hydrogens (primary N) is 1. The molecule has 1 unspecified atom stereocenters. The number of benzene rings is 4. The van der Waals surface area contributed by atoms with Gasteiger partial charge in [0, 0.05) is 94.0 Å². The molecular formula is C43H39N7O7S3. The number of phenols is 1. The minimum absolute atomic E-state index is 0.00534. The molecule has 4 aromatic rings. The number of anilines is 1. The third-order valence-electron chi connectivity index (χ3n) is 10.1. The largest absolute Gasteiger partial charge is 0.508 e. The zero-order chi connectivity index (χ0) is 42.1. The van der Waals surface area contributed by atoms with Gasteiger partial charge in [-0.1, -0.05) is 17.8 Å². The molecule has 1 atom stereocenters. The number of carbonyl (C=O) groups is 1. The van der Waals surface area contributed by atoms with Crippen molar-refractivity contribution in [2.45, 2.75) is 37.2 Å². The van der Waals surface area contributed by atoms with Crippen molar-refractivity contribution in [1.82, 2.24) is 14.8 Å². The molecule has 0 saturated heterocycles. The zero-order valence-corrected chi connectivity index (χ0v) is 34.8. The molecule has 3 aromatic carbocycles. The fraction of sp³-hybridized carbons (Fsp3) is 0.209. The number of fused-ring (bicyclic) bond motifs is 3. The average Bonchev–Trinajstić information content (AvgIpc) is 3.99. The quantitative estimate of drug-likeness (QED) is 0.0451. The summed E-state index contributed by atoms with van der Waals surface area (Å²) in [5.74, 6) is 0.372. The van der Waals surface area contributed by atoms with Crippen molar-refractivity contribution in [2.24, 2.45) is 10.7 Å². The molecular weight excluding hydrogens is 823 g/mol. The summed E-state index contributed by atoms with van der Waals surface area (Å²) >= 11 is 8.96. The summed E-state index contributed by atoms with van der Waals surface area (Å²) in [5, 5.41) is 36.3. The van der Waals surface area contributed by atoms with Crippen LogP contribution < -0.4 is 26.0 Å². The molecule has 6 N–H and O–H groups in total. The van der Waals surface area contributed by atoms with Crippen LogP contribution in [0.2, 0.25) is 0 Å². The van der Waals surface area contributed by atoms with Gasteiger partial charge in [0.2, 0.25) is 6.79 Å². The number of carboxylic acid groups (broad SMARTS) is 1. The summed E-state index contributed by atoms with van der Waals surface area (Å²) in [4.78, 5) is 39.7. The summed E-state index contributed by atoms with van der Waals surface area (Å²) in [5.41, 5.74) is 9.96. The van der Waals surface area contributed by atoms with Gasteiger partial charge in [0.15, 0.2) is 27.2 Å². The van der Waals surface area contributed by atoms with Crippen molar-refractivity contribution in [3.8, 4) is 50.3 Å². The Hall–Kier alpha value is -6.27. The number of ether oxygens (including phenoxy) is 2. The van der Waals surface area contributed by atoms with Gasteiger partial charge in [-0.25, -0.2) is 9.78 Å². The number of aromatic nitrogens is 1. The lowest BCUT2D eigenvalue weighted by molar-refractivity contribution is 0.0697. The number of aliphatic imine (C=N–C) groups is 1. The first kappa shape index (κ1) is 40.5. The number of aromatic hydroxyl groups is 1. The summed E-state index contributed by atoms with van der Waals surface area (Å²) in [6.45, 7) is 5.55. The monoisotopic (exact) mass is 861 g/mol. The molecule has 306 valence electrons. The maximum atomic E-state index is 12.9. The highest BCUT2D eigenvalue weighted by atomic mass is 32.2. The van der Waals surface area contributed by atoms with E-state index in [0.717, 1.165) is 26.3 Å². The summed E-state index contributed by atoms with van der Waals surface area (Å²) in [6, 6.07) is 17.5. The molecule has 1 aliphatic carbocycles. The van der Waals surface area contributed by atoms with Gasteiger partial charge in [-0.2, -0.15) is 0 Å². The SMILES string of the molecule is CC(C)N(CCCN1C(=CC=N)C(CN)N=C1Sc1cc2c(cc1-c1nccs1)OCO2)C(=S)Nc1ccc(-c2c3ccc(=O)cc-3oc3cc(O)ccc23)c(C(=O)O)c1. The Kier molecular flexibility index (Phi) is 11.6. The van der Waals surface area contributed by atoms with Gasteiger partial charge in [0.05, 0.1) is 5.56 Å². The number of hydrogen-bond donors (Lipinski definition) is 5. The molecule has 60 heavy (non-hydrogen) atoms. The molecule has 0 amide bonds. The van der Waals surface area contributed by atoms with Crippen LogP contribution in [0.1, 0.15) is 30.6 Å². The molecule has 0 radical (unpaired) electrons. The summed E-state index contributed by atoms with van der Waals surface area (Å²) < 4.78 is 17.4. The smallest absolute Gasteiger partial charge is 0.336 e. The average molecular weight is 862 g/mol. The third-order valence-corrected chi connectivity index (χ3v) is 12.3. The minimum Gasteiger partial charge on any atom is -0.508 e. The van der Waals surface area contributed by atoms with Gasteiger partial charge < -0.3 is 50.4 Å². The van der Waals surface area contributed by atoms with E-state index in [0.29, 0.717) is 69.5 Å². The number of phenolic OH excluding ortho intramolecular Hbond substituents is 1. The van der Waals surface area contributed by atoms with Crippen LogP contribution in [0.5, 0.6) is 17.2 Å². The Morgan fingerprint density at radius 1 is 1.12 bits per heavy atom. The van der Waals surface area contributed by atoms with Gasteiger partial charge in [-0.15, -0.1) is 11.3 Å². The second kappa shape index (κ2) is 17.1. The number of carboxylic acids is 1. The van der Waals surface area contributed by atoms with E-state index in [4.69, 9.17) is 42.2 Å². The Balaban J connectivity index is 1.03. The zero-order valence-electron chi connectivity index (χ0n) is 32.4. The topological polar surface area (TPSA) is 200 Å². The number of allylic oxidation sites excluding steroid dienone is 1. The first-order chi connectivity index (χ1) is 29.0. The number of hydrogen-bond acceptors (Lipinski definition) is 14. The van der Waals surface area contributed by atoms with Crippen molar-refractivity contribution >= 4 is 74.4 Å². The highest BCUT2D eigenvalue weighted by Gasteiger charge is 2.32. The normalized spacial score (nSPS) is 15.3. The number of aromatic carboxylic acids is 1. The van der Waals surface area contributed by atoms with E-state index < -0.39 is 5.97 Å². The molecule has 0 bridgehead atoms. The molecule has 4 heterocycles. The number of thiocarbonyl (C=S) groups is 1. The van der Waals surface area contributed by atoms with Crippen LogP contribution in [0.15, 0.2) is 109 Å². The molecule has 1 aromatic heterocycles. The summed E-state index contributed by atoms with van der Waals surface area (Å²) in [7, 11) is 0. The number of amidine groups is 1. The minimum atomic E-state index is -1.16. The third kappa shape index (κ3) is 8.03. The van der Waals surface area contributed by atoms with Crippen LogP contribution >= 0.6 is 35.3 Å². The molecule has 8 rings (SSSR count). The first-order valence-electron chi connectivity index (χ1n) is 18.9. The number of nitrogens with one attached hydrogen (secondary N) is 2. The molecule has 17 heteroatoms. The Labute approximate surface area is 357 Å². The maximum Gasteiger partial charge on any atom is 0.336 e. The Morgan fingerprint density at radius 2 is 1.92 bits per heavy atom. The molecule has 0 spiro atoms. The van der Waals surface area contributed by atoms with Crippen LogP contribution in [0.25, 0.3) is 44.0 Å². The van der Waals surface area contributed by atoms with Crippen LogP contribution in [-0.4, -0.2) is 86.0 Å². The van der Waals surface area contributed by atoms with Gasteiger partial charge >= 0.3 is 5.97 Å². The van der Waals surface area contributed by atoms with Crippen molar-refractivity contribution in [3.63, 3.8) is 0 Å². The van der Waals surface area contributed by atoms with Crippen molar-refractivity contribution in [2.75, 3.05) is 31.7 Å². The van der Waals surface area contributed by atoms with Gasteiger partial charge in [-0.3, -0.25) is 9.79 Å². The first-order valence-corrected chi connectivity index (χ1v) is 21.1. The second-order valence-electron chi connectivity index (χ2n) is 14.2. The van der Waals surface area contributed by atoms with Gasteiger partial charge in [-0.05, 0) is 92.7 Å². The van der Waals surface area contributed by atoms with Crippen LogP contribution in [0.4, 0.5) is 5.69 Å². The fourth-order valence-electron chi connectivity index (χ4n) is 7.31. The predicted molar refractivity (Wildman–Crippen MR) is 239 cm³/mol. The Morgan fingerprint density at radius 3 is 2.65 bits per heavy atom. The predicted octanol–water partition coefficient (Wildman–Crippen LogP) is 7.94. The van der Waals surface area contributed by atoms with Crippen molar-refractivity contribution in [1.29, 1.82) is 5.41 Å². The van der Waals surface area contributed by atoms with Crippen molar-refractivity contribution in [3.05, 3.63) is 106 Å². The lowest BCUT2D eigenvalue weighted by atomic mass is 9.90. The molecule has 0 saturated carbocycles. The number of rotatable bonds is 12. The molecule has 14 nitrogen and oxygen atoms in total. The molecule has 4 aliphatic rings. The van der Waals surface area contributed by atoms with Crippen LogP contribution in [0.3, 0.4) is 0 Å². The fourth-order valence-corrected chi connectivity index (χ4v) is 9.58. The highest BCUT2D eigenvalue weighted by Crippen LogP contribution is 2.45. The number of nitrogens with zero attached hydrogens (tertiary/aromatic N) is 4. The van der Waals surface area contributed by atoms with Gasteiger partial charge in [0.1, 0.15) is 28.1 Å². The van der Waals surface area contributed by atoms with E-state index in [1.807, 2.05) is 36.3 Å². The summed E-state index contributed by atoms with van der Waals surface area (Å²) in [6.07, 6.45) is 5.38. The van der Waals surface area contributed by atoms with E-state index in [9.17, 15) is 19.8 Å². The lowest BCUT2D eigenvalue weighted by Crippen LogP contribution is -2.41. The highest BCUT2D eigenvalue weighted by molar-refractivity contribution is 8.14. The standard InChI is InChI=1S/C43H39N7O7S3/c1-23(2)49(13-3-14-50-33(10-11-44)32(21-45)48-43(50)60-38-20-37-36(55-22-56-37)19-31(38)40-46-12-15-59-40)42(58)47-24-4-7-27(30(16-24)41(53)54)39-28-8-5-25(51)17-34(28)57-35-18-26(52)6-9-29(35)39/h4-12,15-20,23,32,44,51H,3,13-14,21-22,45H2,1-2H3,(H,47,58)(H,53,54). The van der Waals surface area contributed by atoms with E-state index >= 15 is 0 Å². The molecule has 0 fully saturated rings. The lowest BCUT2D eigenvalue weighted by Gasteiger charge is -2.31. The Bertz CT molecular complexity index is 2730.